The number of hydrogen-bond acceptors (Lipinski definition) is 4. The number of carbonyl (C=O) groups excluding carboxylic acids is 1. The minimum Gasteiger partial charge on any atom is -0.353 e. The van der Waals surface area contributed by atoms with Crippen molar-refractivity contribution >= 4 is 52.5 Å². The van der Waals surface area contributed by atoms with E-state index in [0.29, 0.717) is 13.1 Å². The van der Waals surface area contributed by atoms with Crippen LogP contribution in [0.3, 0.4) is 0 Å². The molecule has 142 valence electrons. The summed E-state index contributed by atoms with van der Waals surface area (Å²) < 4.78 is 0.960. The lowest BCUT2D eigenvalue weighted by molar-refractivity contribution is -0.137. The van der Waals surface area contributed by atoms with Gasteiger partial charge in [0.15, 0.2) is 0 Å². The van der Waals surface area contributed by atoms with Gasteiger partial charge < -0.3 is 15.5 Å². The molecule has 1 aliphatic rings. The quantitative estimate of drug-likeness (QED) is 0.762. The molecule has 3 rings (SSSR count). The first kappa shape index (κ1) is 22.7. The predicted octanol–water partition coefficient (Wildman–Crippen LogP) is 3.21. The number of amides is 1. The molecule has 26 heavy (non-hydrogen) atoms. The third-order valence-corrected chi connectivity index (χ3v) is 4.89. The number of nitrogens with zero attached hydrogens (tertiary/aromatic N) is 3. The standard InChI is InChI=1S/C18H21BrN4O.2ClH/c1-18(20,14-5-3-2-4-6-14)17(24)23-11-9-22(10-12-23)16-8-7-15(19)13-21-16;;/h2-8,13H,9-12,20H2,1H3;2*1H. The van der Waals surface area contributed by atoms with Crippen molar-refractivity contribution in [1.29, 1.82) is 0 Å². The van der Waals surface area contributed by atoms with Crippen LogP contribution in [0.1, 0.15) is 12.5 Å². The van der Waals surface area contributed by atoms with Crippen LogP contribution in [0.15, 0.2) is 53.1 Å². The fraction of sp³-hybridized carbons (Fsp3) is 0.333. The van der Waals surface area contributed by atoms with E-state index >= 15 is 0 Å². The van der Waals surface area contributed by atoms with Gasteiger partial charge in [-0.05, 0) is 40.5 Å². The summed E-state index contributed by atoms with van der Waals surface area (Å²) >= 11 is 3.39. The van der Waals surface area contributed by atoms with Gasteiger partial charge in [-0.3, -0.25) is 4.79 Å². The summed E-state index contributed by atoms with van der Waals surface area (Å²) in [5.74, 6) is 0.904. The molecule has 1 aliphatic heterocycles. The molecule has 0 spiro atoms. The Kier molecular flexibility index (Phi) is 8.34. The molecule has 0 aliphatic carbocycles. The molecular weight excluding hydrogens is 439 g/mol. The van der Waals surface area contributed by atoms with Gasteiger partial charge in [0, 0.05) is 36.8 Å². The van der Waals surface area contributed by atoms with Gasteiger partial charge in [-0.25, -0.2) is 4.98 Å². The molecule has 1 unspecified atom stereocenters. The zero-order valence-corrected chi connectivity index (χ0v) is 17.7. The molecule has 1 aromatic heterocycles. The Morgan fingerprint density at radius 1 is 1.08 bits per heavy atom. The van der Waals surface area contributed by atoms with Crippen molar-refractivity contribution in [2.75, 3.05) is 31.1 Å². The maximum atomic E-state index is 12.9. The predicted molar refractivity (Wildman–Crippen MR) is 113 cm³/mol. The Labute approximate surface area is 174 Å². The molecule has 8 heteroatoms. The Hall–Kier alpha value is -1.34. The lowest BCUT2D eigenvalue weighted by Crippen LogP contribution is -2.56. The number of benzene rings is 1. The Morgan fingerprint density at radius 2 is 1.69 bits per heavy atom. The normalized spacial score (nSPS) is 16.1. The van der Waals surface area contributed by atoms with Crippen LogP contribution >= 0.6 is 40.7 Å². The maximum Gasteiger partial charge on any atom is 0.247 e. The van der Waals surface area contributed by atoms with E-state index in [1.54, 1.807) is 13.1 Å². The summed E-state index contributed by atoms with van der Waals surface area (Å²) in [6, 6.07) is 13.5. The number of halogens is 3. The maximum absolute atomic E-state index is 12.9. The van der Waals surface area contributed by atoms with E-state index < -0.39 is 5.54 Å². The van der Waals surface area contributed by atoms with Gasteiger partial charge in [0.2, 0.25) is 5.91 Å². The van der Waals surface area contributed by atoms with E-state index in [0.717, 1.165) is 28.9 Å². The van der Waals surface area contributed by atoms with Crippen LogP contribution in [-0.2, 0) is 10.3 Å². The SMILES string of the molecule is CC(N)(C(=O)N1CCN(c2ccc(Br)cn2)CC1)c1ccccc1.Cl.Cl. The minimum absolute atomic E-state index is 0. The largest absolute Gasteiger partial charge is 0.353 e. The van der Waals surface area contributed by atoms with Gasteiger partial charge in [0.1, 0.15) is 11.4 Å². The minimum atomic E-state index is -1.00. The van der Waals surface area contributed by atoms with E-state index in [1.165, 1.54) is 0 Å². The molecule has 2 N–H and O–H groups in total. The summed E-state index contributed by atoms with van der Waals surface area (Å²) in [4.78, 5) is 21.3. The molecule has 1 atom stereocenters. The van der Waals surface area contributed by atoms with Crippen LogP contribution in [0.25, 0.3) is 0 Å². The number of piperazine rings is 1. The summed E-state index contributed by atoms with van der Waals surface area (Å²) in [7, 11) is 0. The van der Waals surface area contributed by atoms with Gasteiger partial charge in [-0.2, -0.15) is 0 Å². The lowest BCUT2D eigenvalue weighted by atomic mass is 9.91. The molecule has 1 aromatic carbocycles. The molecule has 1 saturated heterocycles. The zero-order chi connectivity index (χ0) is 17.2. The van der Waals surface area contributed by atoms with Crippen LogP contribution in [0.2, 0.25) is 0 Å². The van der Waals surface area contributed by atoms with E-state index in [1.807, 2.05) is 47.4 Å². The van der Waals surface area contributed by atoms with E-state index in [9.17, 15) is 4.79 Å². The summed E-state index contributed by atoms with van der Waals surface area (Å²) in [5.41, 5.74) is 6.19. The fourth-order valence-corrected chi connectivity index (χ4v) is 3.16. The number of nitrogens with two attached hydrogens (primary N) is 1. The van der Waals surface area contributed by atoms with E-state index in [-0.39, 0.29) is 30.7 Å². The second-order valence-electron chi connectivity index (χ2n) is 6.18. The average molecular weight is 462 g/mol. The van der Waals surface area contributed by atoms with Crippen LogP contribution in [0, 0.1) is 0 Å². The molecule has 0 bridgehead atoms. The van der Waals surface area contributed by atoms with E-state index in [2.05, 4.69) is 25.8 Å². The summed E-state index contributed by atoms with van der Waals surface area (Å²) in [6.07, 6.45) is 1.79. The molecule has 0 radical (unpaired) electrons. The second kappa shape index (κ2) is 9.55. The zero-order valence-electron chi connectivity index (χ0n) is 14.5. The van der Waals surface area contributed by atoms with Gasteiger partial charge in [-0.1, -0.05) is 30.3 Å². The lowest BCUT2D eigenvalue weighted by Gasteiger charge is -2.39. The molecule has 1 amide bonds. The monoisotopic (exact) mass is 460 g/mol. The first-order valence-corrected chi connectivity index (χ1v) is 8.78. The van der Waals surface area contributed by atoms with Gasteiger partial charge in [0.25, 0.3) is 0 Å². The number of pyridine rings is 1. The fourth-order valence-electron chi connectivity index (χ4n) is 2.93. The van der Waals surface area contributed by atoms with Crippen molar-refractivity contribution in [3.05, 3.63) is 58.7 Å². The molecule has 5 nitrogen and oxygen atoms in total. The Morgan fingerprint density at radius 3 is 2.23 bits per heavy atom. The summed E-state index contributed by atoms with van der Waals surface area (Å²) in [5, 5.41) is 0. The van der Waals surface area contributed by atoms with Crippen molar-refractivity contribution in [2.24, 2.45) is 5.73 Å². The number of aromatic nitrogens is 1. The van der Waals surface area contributed by atoms with Gasteiger partial charge in [0.05, 0.1) is 0 Å². The number of hydrogen-bond donors (Lipinski definition) is 1. The summed E-state index contributed by atoms with van der Waals surface area (Å²) in [6.45, 7) is 4.59. The van der Waals surface area contributed by atoms with Crippen molar-refractivity contribution in [2.45, 2.75) is 12.5 Å². The highest BCUT2D eigenvalue weighted by Crippen LogP contribution is 2.22. The third-order valence-electron chi connectivity index (χ3n) is 4.42. The molecule has 2 heterocycles. The number of anilines is 1. The highest BCUT2D eigenvalue weighted by molar-refractivity contribution is 9.10. The smallest absolute Gasteiger partial charge is 0.247 e. The average Bonchev–Trinajstić information content (AvgIpc) is 2.62. The van der Waals surface area contributed by atoms with Crippen molar-refractivity contribution < 1.29 is 4.79 Å². The van der Waals surface area contributed by atoms with Crippen molar-refractivity contribution in [1.82, 2.24) is 9.88 Å². The molecule has 2 aromatic rings. The van der Waals surface area contributed by atoms with Crippen LogP contribution < -0.4 is 10.6 Å². The van der Waals surface area contributed by atoms with E-state index in [4.69, 9.17) is 5.73 Å². The second-order valence-corrected chi connectivity index (χ2v) is 7.10. The van der Waals surface area contributed by atoms with Crippen LogP contribution in [-0.4, -0.2) is 42.0 Å². The van der Waals surface area contributed by atoms with Crippen molar-refractivity contribution in [3.63, 3.8) is 0 Å². The van der Waals surface area contributed by atoms with Crippen LogP contribution in [0.4, 0.5) is 5.82 Å². The Bertz CT molecular complexity index is 705. The highest BCUT2D eigenvalue weighted by atomic mass is 79.9. The number of rotatable bonds is 3. The molecular formula is C18H23BrCl2N4O. The number of carbonyl (C=O) groups is 1. The van der Waals surface area contributed by atoms with Crippen molar-refractivity contribution in [3.8, 4) is 0 Å². The first-order chi connectivity index (χ1) is 11.5. The molecule has 1 fully saturated rings. The van der Waals surface area contributed by atoms with Gasteiger partial charge >= 0.3 is 0 Å². The molecule has 0 saturated carbocycles. The highest BCUT2D eigenvalue weighted by Gasteiger charge is 2.35. The first-order valence-electron chi connectivity index (χ1n) is 7.99. The van der Waals surface area contributed by atoms with Gasteiger partial charge in [-0.15, -0.1) is 24.8 Å². The third kappa shape index (κ3) is 4.88. The van der Waals surface area contributed by atoms with Crippen LogP contribution in [0.5, 0.6) is 0 Å². The topological polar surface area (TPSA) is 62.5 Å². The Balaban J connectivity index is 0.00000169.